The fourth-order valence-corrected chi connectivity index (χ4v) is 2.91. The number of methoxy groups -OCH3 is 1. The van der Waals surface area contributed by atoms with Crippen LogP contribution in [0.5, 0.6) is 0 Å². The number of carbonyl (C=O) groups excluding carboxylic acids is 1. The summed E-state index contributed by atoms with van der Waals surface area (Å²) in [6.07, 6.45) is 3.19. The van der Waals surface area contributed by atoms with Gasteiger partial charge < -0.3 is 15.4 Å². The third-order valence-corrected chi connectivity index (χ3v) is 4.66. The number of hydrogen-bond donors (Lipinski definition) is 1. The summed E-state index contributed by atoms with van der Waals surface area (Å²) >= 11 is 0. The maximum Gasteiger partial charge on any atom is 0.239 e. The zero-order valence-electron chi connectivity index (χ0n) is 14.2. The maximum atomic E-state index is 12.5. The molecule has 0 aliphatic carbocycles. The summed E-state index contributed by atoms with van der Waals surface area (Å²) in [6.45, 7) is 10.5. The predicted molar refractivity (Wildman–Crippen MR) is 86.2 cm³/mol. The quantitative estimate of drug-likeness (QED) is 0.734. The SMILES string of the molecule is CCCC1CN(C(=O)C(N)C(C)CC)CCN1CCOC. The second-order valence-corrected chi connectivity index (χ2v) is 6.17. The molecule has 1 rings (SSSR count). The van der Waals surface area contributed by atoms with Crippen molar-refractivity contribution in [3.63, 3.8) is 0 Å². The lowest BCUT2D eigenvalue weighted by atomic mass is 9.97. The smallest absolute Gasteiger partial charge is 0.239 e. The Morgan fingerprint density at radius 2 is 2.10 bits per heavy atom. The molecule has 0 spiro atoms. The number of hydrogen-bond acceptors (Lipinski definition) is 4. The summed E-state index contributed by atoms with van der Waals surface area (Å²) in [5, 5.41) is 0. The summed E-state index contributed by atoms with van der Waals surface area (Å²) in [6, 6.07) is 0.0785. The van der Waals surface area contributed by atoms with Crippen LogP contribution in [0.25, 0.3) is 0 Å². The Bertz CT molecular complexity index is 312. The summed E-state index contributed by atoms with van der Waals surface area (Å²) in [5.41, 5.74) is 6.11. The molecule has 0 aromatic carbocycles. The Kier molecular flexibility index (Phi) is 8.22. The van der Waals surface area contributed by atoms with E-state index in [-0.39, 0.29) is 17.9 Å². The molecule has 5 heteroatoms. The van der Waals surface area contributed by atoms with Gasteiger partial charge in [-0.2, -0.15) is 0 Å². The molecule has 1 fully saturated rings. The number of ether oxygens (including phenoxy) is 1. The topological polar surface area (TPSA) is 58.8 Å². The van der Waals surface area contributed by atoms with Crippen molar-refractivity contribution in [1.82, 2.24) is 9.80 Å². The molecule has 1 saturated heterocycles. The minimum atomic E-state index is -0.359. The molecule has 2 N–H and O–H groups in total. The monoisotopic (exact) mass is 299 g/mol. The maximum absolute atomic E-state index is 12.5. The lowest BCUT2D eigenvalue weighted by molar-refractivity contribution is -0.137. The van der Waals surface area contributed by atoms with Gasteiger partial charge in [0.15, 0.2) is 0 Å². The Balaban J connectivity index is 2.61. The van der Waals surface area contributed by atoms with E-state index in [1.807, 2.05) is 4.90 Å². The molecule has 3 atom stereocenters. The largest absolute Gasteiger partial charge is 0.383 e. The minimum Gasteiger partial charge on any atom is -0.383 e. The average Bonchev–Trinajstić information content (AvgIpc) is 2.51. The van der Waals surface area contributed by atoms with Crippen LogP contribution in [0.3, 0.4) is 0 Å². The molecule has 1 heterocycles. The van der Waals surface area contributed by atoms with Crippen molar-refractivity contribution in [2.45, 2.75) is 52.1 Å². The Morgan fingerprint density at radius 3 is 2.67 bits per heavy atom. The standard InChI is InChI=1S/C16H33N3O2/c1-5-7-14-12-19(9-8-18(14)10-11-21-4)16(20)15(17)13(3)6-2/h13-15H,5-12,17H2,1-4H3. The molecular formula is C16H33N3O2. The molecule has 0 saturated carbocycles. The van der Waals surface area contributed by atoms with Gasteiger partial charge in [0.2, 0.25) is 5.91 Å². The molecule has 0 aromatic heterocycles. The first-order valence-corrected chi connectivity index (χ1v) is 8.32. The molecule has 1 aliphatic heterocycles. The third-order valence-electron chi connectivity index (χ3n) is 4.66. The van der Waals surface area contributed by atoms with E-state index in [9.17, 15) is 4.79 Å². The first-order valence-electron chi connectivity index (χ1n) is 8.32. The molecule has 124 valence electrons. The van der Waals surface area contributed by atoms with Crippen LogP contribution in [0.4, 0.5) is 0 Å². The van der Waals surface area contributed by atoms with Crippen molar-refractivity contribution in [3.05, 3.63) is 0 Å². The Labute approximate surface area is 129 Å². The predicted octanol–water partition coefficient (Wildman–Crippen LogP) is 1.32. The average molecular weight is 299 g/mol. The van der Waals surface area contributed by atoms with Gasteiger partial charge >= 0.3 is 0 Å². The summed E-state index contributed by atoms with van der Waals surface area (Å²) < 4.78 is 5.19. The number of amides is 1. The van der Waals surface area contributed by atoms with Crippen LogP contribution in [0.1, 0.15) is 40.0 Å². The molecule has 5 nitrogen and oxygen atoms in total. The molecule has 1 aliphatic rings. The number of piperazine rings is 1. The Hall–Kier alpha value is -0.650. The molecule has 3 unspecified atom stereocenters. The number of rotatable bonds is 8. The molecule has 0 radical (unpaired) electrons. The lowest BCUT2D eigenvalue weighted by Crippen LogP contribution is -2.58. The van der Waals surface area contributed by atoms with Gasteiger partial charge in [-0.1, -0.05) is 33.6 Å². The van der Waals surface area contributed by atoms with E-state index < -0.39 is 0 Å². The van der Waals surface area contributed by atoms with Crippen LogP contribution in [0.2, 0.25) is 0 Å². The van der Waals surface area contributed by atoms with Crippen LogP contribution in [-0.4, -0.2) is 67.7 Å². The Morgan fingerprint density at radius 1 is 1.38 bits per heavy atom. The molecule has 0 bridgehead atoms. The first kappa shape index (κ1) is 18.4. The van der Waals surface area contributed by atoms with E-state index in [0.717, 1.165) is 52.0 Å². The van der Waals surface area contributed by atoms with Crippen LogP contribution in [0, 0.1) is 5.92 Å². The zero-order chi connectivity index (χ0) is 15.8. The van der Waals surface area contributed by atoms with E-state index in [1.54, 1.807) is 7.11 Å². The highest BCUT2D eigenvalue weighted by molar-refractivity contribution is 5.82. The summed E-state index contributed by atoms with van der Waals surface area (Å²) in [7, 11) is 1.74. The van der Waals surface area contributed by atoms with Crippen molar-refractivity contribution in [1.29, 1.82) is 0 Å². The zero-order valence-corrected chi connectivity index (χ0v) is 14.2. The summed E-state index contributed by atoms with van der Waals surface area (Å²) in [4.78, 5) is 16.9. The number of nitrogens with two attached hydrogens (primary N) is 1. The third kappa shape index (κ3) is 5.24. The minimum absolute atomic E-state index is 0.122. The van der Waals surface area contributed by atoms with Crippen LogP contribution >= 0.6 is 0 Å². The van der Waals surface area contributed by atoms with Gasteiger partial charge in [-0.3, -0.25) is 9.69 Å². The van der Waals surface area contributed by atoms with Gasteiger partial charge in [-0.25, -0.2) is 0 Å². The van der Waals surface area contributed by atoms with Gasteiger partial charge in [0.1, 0.15) is 0 Å². The summed E-state index contributed by atoms with van der Waals surface area (Å²) in [5.74, 6) is 0.366. The van der Waals surface area contributed by atoms with E-state index in [2.05, 4.69) is 25.7 Å². The molecular weight excluding hydrogens is 266 g/mol. The number of nitrogens with zero attached hydrogens (tertiary/aromatic N) is 2. The fourth-order valence-electron chi connectivity index (χ4n) is 2.91. The van der Waals surface area contributed by atoms with Crippen LogP contribution < -0.4 is 5.73 Å². The van der Waals surface area contributed by atoms with E-state index in [0.29, 0.717) is 6.04 Å². The van der Waals surface area contributed by atoms with E-state index in [4.69, 9.17) is 10.5 Å². The van der Waals surface area contributed by atoms with Crippen molar-refractivity contribution < 1.29 is 9.53 Å². The van der Waals surface area contributed by atoms with Gasteiger partial charge in [0.25, 0.3) is 0 Å². The van der Waals surface area contributed by atoms with Crippen molar-refractivity contribution in [3.8, 4) is 0 Å². The second kappa shape index (κ2) is 9.38. The van der Waals surface area contributed by atoms with Crippen molar-refractivity contribution in [2.75, 3.05) is 39.9 Å². The van der Waals surface area contributed by atoms with Gasteiger partial charge in [0.05, 0.1) is 12.6 Å². The van der Waals surface area contributed by atoms with E-state index >= 15 is 0 Å². The molecule has 0 aromatic rings. The molecule has 21 heavy (non-hydrogen) atoms. The van der Waals surface area contributed by atoms with Crippen LogP contribution in [-0.2, 0) is 9.53 Å². The highest BCUT2D eigenvalue weighted by Crippen LogP contribution is 2.17. The van der Waals surface area contributed by atoms with Crippen molar-refractivity contribution in [2.24, 2.45) is 11.7 Å². The highest BCUT2D eigenvalue weighted by atomic mass is 16.5. The van der Waals surface area contributed by atoms with Gasteiger partial charge in [-0.15, -0.1) is 0 Å². The fraction of sp³-hybridized carbons (Fsp3) is 0.938. The number of carbonyl (C=O) groups is 1. The van der Waals surface area contributed by atoms with Crippen molar-refractivity contribution >= 4 is 5.91 Å². The van der Waals surface area contributed by atoms with Gasteiger partial charge in [0, 0.05) is 39.3 Å². The second-order valence-electron chi connectivity index (χ2n) is 6.17. The van der Waals surface area contributed by atoms with Gasteiger partial charge in [-0.05, 0) is 12.3 Å². The molecule has 1 amide bonds. The highest BCUT2D eigenvalue weighted by Gasteiger charge is 2.32. The van der Waals surface area contributed by atoms with E-state index in [1.165, 1.54) is 0 Å². The first-order chi connectivity index (χ1) is 10.0. The normalized spacial score (nSPS) is 23.1. The van der Waals surface area contributed by atoms with Crippen LogP contribution in [0.15, 0.2) is 0 Å². The lowest BCUT2D eigenvalue weighted by Gasteiger charge is -2.42.